The van der Waals surface area contributed by atoms with Crippen LogP contribution in [0.15, 0.2) is 48.5 Å². The van der Waals surface area contributed by atoms with E-state index >= 15 is 0 Å². The number of fused-ring (bicyclic) bond motifs is 3. The van der Waals surface area contributed by atoms with Crippen molar-refractivity contribution in [2.75, 3.05) is 13.2 Å². The number of aliphatic carboxylic acids is 1. The highest BCUT2D eigenvalue weighted by atomic mass is 16.5. The van der Waals surface area contributed by atoms with Crippen molar-refractivity contribution >= 4 is 35.8 Å². The van der Waals surface area contributed by atoms with E-state index in [2.05, 4.69) is 16.0 Å². The van der Waals surface area contributed by atoms with Gasteiger partial charge in [-0.3, -0.25) is 19.2 Å². The zero-order chi connectivity index (χ0) is 31.0. The number of amides is 4. The first-order chi connectivity index (χ1) is 19.9. The van der Waals surface area contributed by atoms with E-state index in [9.17, 15) is 28.8 Å². The molecule has 0 saturated heterocycles. The number of hydrogen-bond acceptors (Lipinski definition) is 8. The Morgan fingerprint density at radius 3 is 1.95 bits per heavy atom. The fourth-order valence-electron chi connectivity index (χ4n) is 4.56. The van der Waals surface area contributed by atoms with Crippen molar-refractivity contribution in [1.29, 1.82) is 0 Å². The predicted octanol–water partition coefficient (Wildman–Crippen LogP) is 1.04. The SMILES string of the molecule is CC(C)[C@H](NC(=O)OCC1c2ccccc2-c2ccccc21)C(=O)N[C@@H](C)C(=O)OCC(=O)N[C@@H](CC(=O)O)C(N)=O. The third-order valence-electron chi connectivity index (χ3n) is 6.68. The van der Waals surface area contributed by atoms with Gasteiger partial charge in [-0.05, 0) is 35.1 Å². The largest absolute Gasteiger partial charge is 0.481 e. The summed E-state index contributed by atoms with van der Waals surface area (Å²) in [5.41, 5.74) is 9.29. The Kier molecular flexibility index (Phi) is 10.6. The zero-order valence-corrected chi connectivity index (χ0v) is 23.4. The standard InChI is InChI=1S/C29H34N4O9/c1-15(2)25(27(38)31-16(3)28(39)41-14-23(34)32-22(26(30)37)12-24(35)36)33-29(40)42-13-21-19-10-6-4-8-17(19)18-9-5-7-11-20(18)21/h4-11,15-16,21-22,25H,12-14H2,1-3H3,(H2,30,37)(H,31,38)(H,32,34)(H,33,40)(H,35,36)/t16-,22-,25-/m0/s1. The number of carboxylic acid groups (broad SMARTS) is 1. The molecular weight excluding hydrogens is 548 g/mol. The highest BCUT2D eigenvalue weighted by Crippen LogP contribution is 2.44. The Morgan fingerprint density at radius 2 is 1.43 bits per heavy atom. The number of rotatable bonds is 13. The van der Waals surface area contributed by atoms with E-state index < -0.39 is 66.9 Å². The Labute approximate surface area is 242 Å². The number of primary amides is 1. The topological polar surface area (TPSA) is 203 Å². The number of hydrogen-bond donors (Lipinski definition) is 5. The van der Waals surface area contributed by atoms with Gasteiger partial charge in [-0.15, -0.1) is 0 Å². The van der Waals surface area contributed by atoms with E-state index in [0.717, 1.165) is 22.3 Å². The number of esters is 1. The maximum Gasteiger partial charge on any atom is 0.407 e. The van der Waals surface area contributed by atoms with Gasteiger partial charge in [-0.2, -0.15) is 0 Å². The van der Waals surface area contributed by atoms with E-state index in [4.69, 9.17) is 20.3 Å². The number of carboxylic acids is 1. The molecule has 0 radical (unpaired) electrons. The molecule has 3 atom stereocenters. The fourth-order valence-corrected chi connectivity index (χ4v) is 4.56. The molecule has 224 valence electrons. The predicted molar refractivity (Wildman–Crippen MR) is 149 cm³/mol. The quantitative estimate of drug-likeness (QED) is 0.214. The summed E-state index contributed by atoms with van der Waals surface area (Å²) in [6.07, 6.45) is -1.54. The summed E-state index contributed by atoms with van der Waals surface area (Å²) in [4.78, 5) is 72.0. The van der Waals surface area contributed by atoms with Crippen LogP contribution in [0.4, 0.5) is 4.79 Å². The maximum atomic E-state index is 12.9. The van der Waals surface area contributed by atoms with Crippen LogP contribution in [0.2, 0.25) is 0 Å². The van der Waals surface area contributed by atoms with E-state index in [0.29, 0.717) is 0 Å². The molecule has 1 aliphatic carbocycles. The summed E-state index contributed by atoms with van der Waals surface area (Å²) in [6, 6.07) is 12.0. The van der Waals surface area contributed by atoms with Crippen molar-refractivity contribution in [3.05, 3.63) is 59.7 Å². The fraction of sp³-hybridized carbons (Fsp3) is 0.379. The second-order valence-electron chi connectivity index (χ2n) is 10.1. The molecule has 1 aliphatic rings. The van der Waals surface area contributed by atoms with Crippen molar-refractivity contribution in [2.24, 2.45) is 11.7 Å². The molecule has 2 aromatic rings. The minimum atomic E-state index is -1.48. The molecule has 13 heteroatoms. The van der Waals surface area contributed by atoms with Crippen molar-refractivity contribution in [3.8, 4) is 11.1 Å². The highest BCUT2D eigenvalue weighted by molar-refractivity contribution is 5.92. The number of benzene rings is 2. The van der Waals surface area contributed by atoms with Gasteiger partial charge in [0.15, 0.2) is 6.61 Å². The van der Waals surface area contributed by atoms with Crippen molar-refractivity contribution in [1.82, 2.24) is 16.0 Å². The van der Waals surface area contributed by atoms with Gasteiger partial charge < -0.3 is 36.3 Å². The third-order valence-corrected chi connectivity index (χ3v) is 6.68. The first kappa shape index (κ1) is 31.6. The van der Waals surface area contributed by atoms with Gasteiger partial charge in [0.1, 0.15) is 24.7 Å². The molecular formula is C29H34N4O9. The normalized spacial score (nSPS) is 14.0. The van der Waals surface area contributed by atoms with Crippen molar-refractivity contribution in [2.45, 2.75) is 51.2 Å². The molecule has 0 aliphatic heterocycles. The lowest BCUT2D eigenvalue weighted by molar-refractivity contribution is -0.152. The Morgan fingerprint density at radius 1 is 0.857 bits per heavy atom. The van der Waals surface area contributed by atoms with E-state index in [1.165, 1.54) is 6.92 Å². The molecule has 0 aromatic heterocycles. The third kappa shape index (κ3) is 8.05. The van der Waals surface area contributed by atoms with Crippen molar-refractivity contribution in [3.63, 3.8) is 0 Å². The Balaban J connectivity index is 1.51. The van der Waals surface area contributed by atoms with Gasteiger partial charge in [0.25, 0.3) is 5.91 Å². The first-order valence-electron chi connectivity index (χ1n) is 13.3. The lowest BCUT2D eigenvalue weighted by Crippen LogP contribution is -2.53. The summed E-state index contributed by atoms with van der Waals surface area (Å²) in [5, 5.41) is 15.8. The Hall–Kier alpha value is -4.94. The van der Waals surface area contributed by atoms with E-state index in [1.807, 2.05) is 48.5 Å². The lowest BCUT2D eigenvalue weighted by atomic mass is 9.98. The second-order valence-corrected chi connectivity index (χ2v) is 10.1. The molecule has 2 aromatic carbocycles. The van der Waals surface area contributed by atoms with Gasteiger partial charge in [0.05, 0.1) is 6.42 Å². The second kappa shape index (κ2) is 14.1. The zero-order valence-electron chi connectivity index (χ0n) is 23.4. The van der Waals surface area contributed by atoms with Crippen LogP contribution in [0.25, 0.3) is 11.1 Å². The molecule has 3 rings (SSSR count). The molecule has 0 unspecified atom stereocenters. The first-order valence-corrected chi connectivity index (χ1v) is 13.3. The molecule has 4 amide bonds. The van der Waals surface area contributed by atoms with Crippen LogP contribution in [-0.4, -0.2) is 72.2 Å². The number of ether oxygens (including phenoxy) is 2. The van der Waals surface area contributed by atoms with Crippen LogP contribution < -0.4 is 21.7 Å². The summed E-state index contributed by atoms with van der Waals surface area (Å²) < 4.78 is 10.4. The minimum absolute atomic E-state index is 0.0557. The molecule has 42 heavy (non-hydrogen) atoms. The number of nitrogens with one attached hydrogen (secondary N) is 3. The maximum absolute atomic E-state index is 12.9. The lowest BCUT2D eigenvalue weighted by Gasteiger charge is -2.24. The molecule has 0 heterocycles. The van der Waals surface area contributed by atoms with Gasteiger partial charge in [0.2, 0.25) is 11.8 Å². The van der Waals surface area contributed by atoms with Crippen LogP contribution in [0, 0.1) is 5.92 Å². The Bertz CT molecular complexity index is 1310. The van der Waals surface area contributed by atoms with Crippen molar-refractivity contribution < 1.29 is 43.3 Å². The van der Waals surface area contributed by atoms with Crippen LogP contribution in [0.3, 0.4) is 0 Å². The molecule has 0 fully saturated rings. The highest BCUT2D eigenvalue weighted by Gasteiger charge is 2.31. The monoisotopic (exact) mass is 582 g/mol. The van der Waals surface area contributed by atoms with E-state index in [-0.39, 0.29) is 18.4 Å². The molecule has 0 bridgehead atoms. The molecule has 0 saturated carbocycles. The average molecular weight is 583 g/mol. The number of carbonyl (C=O) groups excluding carboxylic acids is 5. The minimum Gasteiger partial charge on any atom is -0.481 e. The summed E-state index contributed by atoms with van der Waals surface area (Å²) >= 11 is 0. The summed E-state index contributed by atoms with van der Waals surface area (Å²) in [6.45, 7) is 3.94. The van der Waals surface area contributed by atoms with E-state index in [1.54, 1.807) is 13.8 Å². The van der Waals surface area contributed by atoms with Crippen LogP contribution in [0.5, 0.6) is 0 Å². The number of carbonyl (C=O) groups is 6. The van der Waals surface area contributed by atoms with Crippen LogP contribution in [0.1, 0.15) is 44.2 Å². The van der Waals surface area contributed by atoms with Gasteiger partial charge in [0, 0.05) is 5.92 Å². The van der Waals surface area contributed by atoms with Gasteiger partial charge in [-0.1, -0.05) is 62.4 Å². The number of alkyl carbamates (subject to hydrolysis) is 1. The summed E-state index contributed by atoms with van der Waals surface area (Å²) in [5.74, 6) is -5.58. The summed E-state index contributed by atoms with van der Waals surface area (Å²) in [7, 11) is 0. The average Bonchev–Trinajstić information content (AvgIpc) is 3.26. The molecule has 0 spiro atoms. The van der Waals surface area contributed by atoms with Gasteiger partial charge >= 0.3 is 18.0 Å². The molecule has 13 nitrogen and oxygen atoms in total. The number of nitrogens with two attached hydrogens (primary N) is 1. The molecule has 6 N–H and O–H groups in total. The van der Waals surface area contributed by atoms with Crippen LogP contribution >= 0.6 is 0 Å². The van der Waals surface area contributed by atoms with Gasteiger partial charge in [-0.25, -0.2) is 9.59 Å². The van der Waals surface area contributed by atoms with Crippen LogP contribution in [-0.2, 0) is 33.4 Å². The smallest absolute Gasteiger partial charge is 0.407 e.